The van der Waals surface area contributed by atoms with Crippen molar-refractivity contribution in [2.45, 2.75) is 47.0 Å². The first kappa shape index (κ1) is 11.7. The molecule has 0 aromatic carbocycles. The van der Waals surface area contributed by atoms with Crippen molar-refractivity contribution >= 4 is 5.78 Å². The fraction of sp³-hybridized carbons (Fsp3) is 0.611. The third-order valence-electron chi connectivity index (χ3n) is 6.69. The van der Waals surface area contributed by atoms with Crippen molar-refractivity contribution in [3.05, 3.63) is 34.4 Å². The Morgan fingerprint density at radius 1 is 1.21 bits per heavy atom. The van der Waals surface area contributed by atoms with E-state index >= 15 is 0 Å². The maximum Gasteiger partial charge on any atom is 0.163 e. The largest absolute Gasteiger partial charge is 0.294 e. The summed E-state index contributed by atoms with van der Waals surface area (Å²) in [5.41, 5.74) is 6.10. The molecule has 19 heavy (non-hydrogen) atoms. The molecule has 0 bridgehead atoms. The second-order valence-electron chi connectivity index (χ2n) is 7.55. The lowest BCUT2D eigenvalue weighted by atomic mass is 9.37. The molecule has 3 atom stereocenters. The summed E-state index contributed by atoms with van der Waals surface area (Å²) in [6.07, 6.45) is 7.58. The summed E-state index contributed by atoms with van der Waals surface area (Å²) in [5, 5.41) is 0. The Hall–Kier alpha value is -1.11. The second kappa shape index (κ2) is 3.13. The number of carbonyl (C=O) groups is 1. The van der Waals surface area contributed by atoms with Gasteiger partial charge in [0.1, 0.15) is 0 Å². The van der Waals surface area contributed by atoms with E-state index in [-0.39, 0.29) is 16.7 Å². The summed E-state index contributed by atoms with van der Waals surface area (Å²) < 4.78 is 0. The van der Waals surface area contributed by atoms with Crippen molar-refractivity contribution in [3.8, 4) is 0 Å². The summed E-state index contributed by atoms with van der Waals surface area (Å²) in [6, 6.07) is 0. The van der Waals surface area contributed by atoms with Gasteiger partial charge in [-0.05, 0) is 49.7 Å². The van der Waals surface area contributed by atoms with Crippen LogP contribution in [0.3, 0.4) is 0 Å². The number of allylic oxidation sites excluding steroid dienone is 6. The van der Waals surface area contributed by atoms with E-state index in [1.807, 2.05) is 0 Å². The number of carbonyl (C=O) groups excluding carboxylic acids is 1. The van der Waals surface area contributed by atoms with Gasteiger partial charge in [-0.2, -0.15) is 0 Å². The van der Waals surface area contributed by atoms with Gasteiger partial charge in [0.15, 0.2) is 5.78 Å². The van der Waals surface area contributed by atoms with Gasteiger partial charge in [-0.3, -0.25) is 4.79 Å². The highest BCUT2D eigenvalue weighted by Gasteiger charge is 2.72. The Kier molecular flexibility index (Phi) is 1.93. The number of hydrogen-bond acceptors (Lipinski definition) is 1. The summed E-state index contributed by atoms with van der Waals surface area (Å²) in [4.78, 5) is 12.8. The van der Waals surface area contributed by atoms with Crippen LogP contribution in [0.1, 0.15) is 47.0 Å². The van der Waals surface area contributed by atoms with Crippen LogP contribution >= 0.6 is 0 Å². The summed E-state index contributed by atoms with van der Waals surface area (Å²) >= 11 is 0. The molecule has 1 fully saturated rings. The molecule has 100 valence electrons. The Bertz CT molecular complexity index is 599. The minimum Gasteiger partial charge on any atom is -0.294 e. The molecule has 0 heterocycles. The monoisotopic (exact) mass is 254 g/mol. The molecule has 1 saturated carbocycles. The molecule has 4 aliphatic rings. The predicted octanol–water partition coefficient (Wildman–Crippen LogP) is 4.21. The molecule has 1 heteroatoms. The molecule has 3 unspecified atom stereocenters. The first-order valence-electron chi connectivity index (χ1n) is 7.51. The molecule has 0 saturated heterocycles. The Balaban J connectivity index is 1.95. The topological polar surface area (TPSA) is 17.1 Å². The predicted molar refractivity (Wildman–Crippen MR) is 76.6 cm³/mol. The molecular formula is C18H22O. The van der Waals surface area contributed by atoms with Crippen molar-refractivity contribution in [3.63, 3.8) is 0 Å². The van der Waals surface area contributed by atoms with E-state index in [0.717, 1.165) is 19.3 Å². The van der Waals surface area contributed by atoms with E-state index in [9.17, 15) is 4.79 Å². The van der Waals surface area contributed by atoms with Crippen molar-refractivity contribution < 1.29 is 4.79 Å². The van der Waals surface area contributed by atoms with Crippen LogP contribution in [0.5, 0.6) is 0 Å². The zero-order valence-corrected chi connectivity index (χ0v) is 12.3. The fourth-order valence-corrected chi connectivity index (χ4v) is 5.48. The van der Waals surface area contributed by atoms with Gasteiger partial charge in [0, 0.05) is 17.3 Å². The normalized spacial score (nSPS) is 42.2. The number of hydrogen-bond donors (Lipinski definition) is 0. The smallest absolute Gasteiger partial charge is 0.163 e. The van der Waals surface area contributed by atoms with Crippen LogP contribution in [0.25, 0.3) is 0 Å². The molecule has 0 N–H and O–H groups in total. The van der Waals surface area contributed by atoms with E-state index < -0.39 is 0 Å². The Morgan fingerprint density at radius 2 is 1.95 bits per heavy atom. The van der Waals surface area contributed by atoms with Crippen LogP contribution in [-0.4, -0.2) is 5.78 Å². The standard InChI is InChI=1S/C18H22O/c1-10-8-14-16(19)12-6-5-7-13-15(12)18(14,9-11(10)2)17(13,3)4/h5,7,13-14H,6,8-9H2,1-4H3. The van der Waals surface area contributed by atoms with E-state index in [2.05, 4.69) is 39.8 Å². The minimum absolute atomic E-state index is 0.165. The van der Waals surface area contributed by atoms with Crippen molar-refractivity contribution in [2.24, 2.45) is 22.7 Å². The lowest BCUT2D eigenvalue weighted by Crippen LogP contribution is -2.60. The van der Waals surface area contributed by atoms with Crippen molar-refractivity contribution in [2.75, 3.05) is 0 Å². The maximum atomic E-state index is 12.8. The number of Topliss-reactive ketones (excluding diaryl/α,β-unsaturated/α-hetero) is 1. The van der Waals surface area contributed by atoms with Crippen LogP contribution in [0.4, 0.5) is 0 Å². The number of rotatable bonds is 0. The van der Waals surface area contributed by atoms with Crippen LogP contribution in [0.2, 0.25) is 0 Å². The van der Waals surface area contributed by atoms with Crippen LogP contribution in [0, 0.1) is 22.7 Å². The molecule has 0 radical (unpaired) electrons. The third-order valence-corrected chi connectivity index (χ3v) is 6.69. The van der Waals surface area contributed by atoms with Gasteiger partial charge in [-0.15, -0.1) is 0 Å². The van der Waals surface area contributed by atoms with Gasteiger partial charge in [-0.1, -0.05) is 37.1 Å². The van der Waals surface area contributed by atoms with Gasteiger partial charge >= 0.3 is 0 Å². The van der Waals surface area contributed by atoms with Crippen molar-refractivity contribution in [1.82, 2.24) is 0 Å². The van der Waals surface area contributed by atoms with Gasteiger partial charge in [-0.25, -0.2) is 0 Å². The molecule has 1 nitrogen and oxygen atoms in total. The lowest BCUT2D eigenvalue weighted by molar-refractivity contribution is -0.128. The average molecular weight is 254 g/mol. The zero-order chi connectivity index (χ0) is 13.6. The highest BCUT2D eigenvalue weighted by molar-refractivity contribution is 6.04. The van der Waals surface area contributed by atoms with Crippen LogP contribution in [-0.2, 0) is 4.79 Å². The molecular weight excluding hydrogens is 232 g/mol. The van der Waals surface area contributed by atoms with E-state index in [0.29, 0.717) is 11.7 Å². The van der Waals surface area contributed by atoms with Crippen LogP contribution < -0.4 is 0 Å². The number of ketones is 1. The average Bonchev–Trinajstić information content (AvgIpc) is 2.62. The maximum absolute atomic E-state index is 12.8. The summed E-state index contributed by atoms with van der Waals surface area (Å²) in [5.74, 6) is 1.24. The highest BCUT2D eigenvalue weighted by atomic mass is 16.1. The van der Waals surface area contributed by atoms with Gasteiger partial charge in [0.25, 0.3) is 0 Å². The fourth-order valence-electron chi connectivity index (χ4n) is 5.48. The first-order chi connectivity index (χ1) is 8.91. The molecule has 0 aromatic rings. The summed E-state index contributed by atoms with van der Waals surface area (Å²) in [6.45, 7) is 9.25. The molecule has 0 amide bonds. The van der Waals surface area contributed by atoms with Gasteiger partial charge < -0.3 is 0 Å². The molecule has 0 aromatic heterocycles. The quantitative estimate of drug-likeness (QED) is 0.592. The molecule has 4 rings (SSSR count). The SMILES string of the molecule is CC1=C(C)CC23C4=C(CC=CC4C2(C)C)C(=O)C3C1. The zero-order valence-electron chi connectivity index (χ0n) is 12.3. The van der Waals surface area contributed by atoms with Gasteiger partial charge in [0.05, 0.1) is 0 Å². The van der Waals surface area contributed by atoms with E-state index in [4.69, 9.17) is 0 Å². The minimum atomic E-state index is 0.165. The van der Waals surface area contributed by atoms with Crippen LogP contribution in [0.15, 0.2) is 34.4 Å². The molecule has 1 spiro atoms. The van der Waals surface area contributed by atoms with E-state index in [1.165, 1.54) is 22.3 Å². The Labute approximate surface area is 115 Å². The molecule has 0 aliphatic heterocycles. The lowest BCUT2D eigenvalue weighted by Gasteiger charge is -2.65. The first-order valence-corrected chi connectivity index (χ1v) is 7.51. The van der Waals surface area contributed by atoms with E-state index in [1.54, 1.807) is 0 Å². The highest BCUT2D eigenvalue weighted by Crippen LogP contribution is 2.77. The summed E-state index contributed by atoms with van der Waals surface area (Å²) in [7, 11) is 0. The van der Waals surface area contributed by atoms with Crippen molar-refractivity contribution in [1.29, 1.82) is 0 Å². The second-order valence-corrected chi connectivity index (χ2v) is 7.55. The molecule has 4 aliphatic carbocycles. The van der Waals surface area contributed by atoms with Gasteiger partial charge in [0.2, 0.25) is 0 Å². The Morgan fingerprint density at radius 3 is 2.68 bits per heavy atom. The third kappa shape index (κ3) is 1.01.